The van der Waals surface area contributed by atoms with Gasteiger partial charge < -0.3 is 14.8 Å². The van der Waals surface area contributed by atoms with Gasteiger partial charge in [-0.1, -0.05) is 29.8 Å². The van der Waals surface area contributed by atoms with Gasteiger partial charge in [-0.05, 0) is 30.3 Å². The van der Waals surface area contributed by atoms with Crippen LogP contribution in [0.5, 0.6) is 5.75 Å². The molecule has 0 saturated heterocycles. The van der Waals surface area contributed by atoms with Gasteiger partial charge in [-0.15, -0.1) is 0 Å². The largest absolute Gasteiger partial charge is 0.474 e. The highest BCUT2D eigenvalue weighted by Gasteiger charge is 2.31. The van der Waals surface area contributed by atoms with Crippen molar-refractivity contribution in [1.82, 2.24) is 5.32 Å². The van der Waals surface area contributed by atoms with Crippen LogP contribution in [0.15, 0.2) is 48.5 Å². The van der Waals surface area contributed by atoms with Crippen LogP contribution in [0, 0.1) is 0 Å². The van der Waals surface area contributed by atoms with E-state index in [1.54, 1.807) is 0 Å². The van der Waals surface area contributed by atoms with E-state index in [0.29, 0.717) is 17.0 Å². The molecule has 0 aliphatic heterocycles. The average Bonchev–Trinajstić information content (AvgIpc) is 2.63. The molecule has 144 valence electrons. The Kier molecular flexibility index (Phi) is 7.06. The molecule has 1 amide bonds. The van der Waals surface area contributed by atoms with E-state index in [-0.39, 0.29) is 18.9 Å². The molecular weight excluding hydrogens is 387 g/mol. The van der Waals surface area contributed by atoms with Gasteiger partial charge in [-0.25, -0.2) is 4.79 Å². The minimum absolute atomic E-state index is 0.0894. The summed E-state index contributed by atoms with van der Waals surface area (Å²) in [5.41, 5.74) is -0.552. The smallest absolute Gasteiger partial charge is 0.416 e. The fourth-order valence-electron chi connectivity index (χ4n) is 2.12. The zero-order chi connectivity index (χ0) is 19.9. The number of hydrogen-bond donors (Lipinski definition) is 1. The Morgan fingerprint density at radius 1 is 1.19 bits per heavy atom. The van der Waals surface area contributed by atoms with Crippen molar-refractivity contribution in [3.05, 3.63) is 64.7 Å². The van der Waals surface area contributed by atoms with Crippen LogP contribution in [-0.2, 0) is 20.5 Å². The maximum absolute atomic E-state index is 12.9. The molecule has 0 saturated carbocycles. The lowest BCUT2D eigenvalue weighted by molar-refractivity contribution is -0.152. The van der Waals surface area contributed by atoms with Gasteiger partial charge in [0.2, 0.25) is 12.5 Å². The second-order valence-corrected chi connectivity index (χ2v) is 5.75. The fourth-order valence-corrected chi connectivity index (χ4v) is 2.24. The summed E-state index contributed by atoms with van der Waals surface area (Å²) < 4.78 is 49.1. The average molecular weight is 402 g/mol. The molecule has 0 heterocycles. The van der Waals surface area contributed by atoms with E-state index in [1.807, 2.05) is 0 Å². The molecule has 5 nitrogen and oxygen atoms in total. The normalized spacial score (nSPS) is 12.1. The molecular formula is C18H15ClF3NO4. The molecule has 1 unspecified atom stereocenters. The van der Waals surface area contributed by atoms with Gasteiger partial charge in [0, 0.05) is 10.6 Å². The number of alkyl halides is 3. The van der Waals surface area contributed by atoms with Gasteiger partial charge in [0.1, 0.15) is 12.4 Å². The molecule has 0 fully saturated rings. The van der Waals surface area contributed by atoms with E-state index in [0.717, 1.165) is 12.1 Å². The van der Waals surface area contributed by atoms with E-state index in [4.69, 9.17) is 21.1 Å². The van der Waals surface area contributed by atoms with Gasteiger partial charge in [0.15, 0.2) is 0 Å². The highest BCUT2D eigenvalue weighted by atomic mass is 35.5. The Bertz CT molecular complexity index is 781. The first-order chi connectivity index (χ1) is 12.8. The summed E-state index contributed by atoms with van der Waals surface area (Å²) in [6.45, 7) is -0.0280. The Labute approximate surface area is 158 Å². The number of halogens is 4. The van der Waals surface area contributed by atoms with Crippen LogP contribution in [-0.4, -0.2) is 25.5 Å². The number of benzene rings is 2. The lowest BCUT2D eigenvalue weighted by Gasteiger charge is -2.19. The van der Waals surface area contributed by atoms with Crippen LogP contribution >= 0.6 is 11.6 Å². The zero-order valence-electron chi connectivity index (χ0n) is 13.8. The molecule has 2 rings (SSSR count). The van der Waals surface area contributed by atoms with Crippen LogP contribution in [0.1, 0.15) is 17.2 Å². The lowest BCUT2D eigenvalue weighted by atomic mass is 10.1. The number of rotatable bonds is 8. The number of esters is 1. The minimum atomic E-state index is -4.55. The molecule has 0 spiro atoms. The Morgan fingerprint density at radius 2 is 1.89 bits per heavy atom. The number of hydrogen-bond acceptors (Lipinski definition) is 4. The molecule has 1 N–H and O–H groups in total. The molecule has 2 aromatic rings. The third-order valence-corrected chi connectivity index (χ3v) is 3.63. The number of nitrogens with one attached hydrogen (secondary N) is 1. The van der Waals surface area contributed by atoms with Crippen LogP contribution in [0.2, 0.25) is 5.02 Å². The van der Waals surface area contributed by atoms with Crippen molar-refractivity contribution in [2.45, 2.75) is 12.3 Å². The van der Waals surface area contributed by atoms with Crippen LogP contribution in [0.3, 0.4) is 0 Å². The van der Waals surface area contributed by atoms with Crippen molar-refractivity contribution < 1.29 is 32.2 Å². The zero-order valence-corrected chi connectivity index (χ0v) is 14.6. The third kappa shape index (κ3) is 6.18. The van der Waals surface area contributed by atoms with Crippen molar-refractivity contribution in [2.24, 2.45) is 0 Å². The van der Waals surface area contributed by atoms with Crippen molar-refractivity contribution in [3.63, 3.8) is 0 Å². The highest BCUT2D eigenvalue weighted by molar-refractivity contribution is 6.30. The SMILES string of the molecule is O=CNCCOC(=O)C(Oc1cccc(C(F)(F)F)c1)c1ccc(Cl)cc1. The summed E-state index contributed by atoms with van der Waals surface area (Å²) in [6.07, 6.45) is -5.40. The van der Waals surface area contributed by atoms with E-state index in [9.17, 15) is 22.8 Å². The number of ether oxygens (including phenoxy) is 2. The predicted molar refractivity (Wildman–Crippen MR) is 91.3 cm³/mol. The fraction of sp³-hybridized carbons (Fsp3) is 0.222. The number of amides is 1. The lowest BCUT2D eigenvalue weighted by Crippen LogP contribution is -2.25. The predicted octanol–water partition coefficient (Wildman–Crippen LogP) is 3.77. The standard InChI is InChI=1S/C18H15ClF3NO4/c19-14-6-4-12(5-7-14)16(17(25)26-9-8-23-11-24)27-15-3-1-2-13(10-15)18(20,21)22/h1-7,10-11,16H,8-9H2,(H,23,24). The first kappa shape index (κ1) is 20.6. The van der Waals surface area contributed by atoms with E-state index >= 15 is 0 Å². The molecule has 0 aliphatic carbocycles. The first-order valence-electron chi connectivity index (χ1n) is 7.74. The third-order valence-electron chi connectivity index (χ3n) is 3.38. The van der Waals surface area contributed by atoms with Gasteiger partial charge in [-0.3, -0.25) is 4.79 Å². The molecule has 0 bridgehead atoms. The quantitative estimate of drug-likeness (QED) is 0.415. The second kappa shape index (κ2) is 9.27. The van der Waals surface area contributed by atoms with Crippen molar-refractivity contribution >= 4 is 24.0 Å². The maximum Gasteiger partial charge on any atom is 0.416 e. The summed E-state index contributed by atoms with van der Waals surface area (Å²) in [4.78, 5) is 22.6. The molecule has 27 heavy (non-hydrogen) atoms. The summed E-state index contributed by atoms with van der Waals surface area (Å²) in [5, 5.41) is 2.74. The van der Waals surface area contributed by atoms with Gasteiger partial charge >= 0.3 is 12.1 Å². The van der Waals surface area contributed by atoms with Crippen LogP contribution in [0.4, 0.5) is 13.2 Å². The topological polar surface area (TPSA) is 64.6 Å². The van der Waals surface area contributed by atoms with Crippen LogP contribution < -0.4 is 10.1 Å². The van der Waals surface area contributed by atoms with Crippen LogP contribution in [0.25, 0.3) is 0 Å². The summed E-state index contributed by atoms with van der Waals surface area (Å²) in [5.74, 6) is -0.963. The van der Waals surface area contributed by atoms with Crippen molar-refractivity contribution in [2.75, 3.05) is 13.2 Å². The summed E-state index contributed by atoms with van der Waals surface area (Å²) in [7, 11) is 0. The molecule has 2 aromatic carbocycles. The molecule has 0 radical (unpaired) electrons. The van der Waals surface area contributed by atoms with Gasteiger partial charge in [0.25, 0.3) is 0 Å². The molecule has 0 aliphatic rings. The second-order valence-electron chi connectivity index (χ2n) is 5.31. The van der Waals surface area contributed by atoms with E-state index < -0.39 is 23.8 Å². The number of carbonyl (C=O) groups excluding carboxylic acids is 2. The number of carbonyl (C=O) groups is 2. The summed E-state index contributed by atoms with van der Waals surface area (Å²) in [6, 6.07) is 10.2. The van der Waals surface area contributed by atoms with E-state index in [2.05, 4.69) is 5.32 Å². The minimum Gasteiger partial charge on any atom is -0.474 e. The monoisotopic (exact) mass is 401 g/mol. The maximum atomic E-state index is 12.9. The Balaban J connectivity index is 2.23. The Morgan fingerprint density at radius 3 is 2.52 bits per heavy atom. The molecule has 1 atom stereocenters. The first-order valence-corrected chi connectivity index (χ1v) is 8.12. The van der Waals surface area contributed by atoms with Crippen molar-refractivity contribution in [3.8, 4) is 5.75 Å². The van der Waals surface area contributed by atoms with Crippen molar-refractivity contribution in [1.29, 1.82) is 0 Å². The van der Waals surface area contributed by atoms with Gasteiger partial charge in [-0.2, -0.15) is 13.2 Å². The van der Waals surface area contributed by atoms with Gasteiger partial charge in [0.05, 0.1) is 12.1 Å². The Hall–Kier alpha value is -2.74. The van der Waals surface area contributed by atoms with E-state index in [1.165, 1.54) is 36.4 Å². The highest BCUT2D eigenvalue weighted by Crippen LogP contribution is 2.33. The molecule has 9 heteroatoms. The summed E-state index contributed by atoms with van der Waals surface area (Å²) >= 11 is 5.82. The molecule has 0 aromatic heterocycles.